The minimum Gasteiger partial charge on any atom is -0.299 e. The van der Waals surface area contributed by atoms with Gasteiger partial charge in [0.1, 0.15) is 6.33 Å². The van der Waals surface area contributed by atoms with E-state index in [4.69, 9.17) is 19.9 Å². The smallest absolute Gasteiger partial charge is 0.238 e. The maximum absolute atomic E-state index is 5.24. The zero-order chi connectivity index (χ0) is 34.4. The molecule has 244 valence electrons. The summed E-state index contributed by atoms with van der Waals surface area (Å²) in [7, 11) is 0. The van der Waals surface area contributed by atoms with Gasteiger partial charge < -0.3 is 0 Å². The summed E-state index contributed by atoms with van der Waals surface area (Å²) in [6, 6.07) is 60.8. The van der Waals surface area contributed by atoms with Crippen molar-refractivity contribution in [2.45, 2.75) is 0 Å². The molecule has 0 radical (unpaired) electrons. The summed E-state index contributed by atoms with van der Waals surface area (Å²) in [5.74, 6) is 1.75. The van der Waals surface area contributed by atoms with Gasteiger partial charge in [0.25, 0.3) is 0 Å². The molecule has 0 fully saturated rings. The molecule has 3 aromatic heterocycles. The lowest BCUT2D eigenvalue weighted by Gasteiger charge is -2.12. The van der Waals surface area contributed by atoms with Crippen LogP contribution in [0.2, 0.25) is 0 Å². The Labute approximate surface area is 300 Å². The molecule has 0 aliphatic carbocycles. The number of fused-ring (bicyclic) bond motifs is 4. The van der Waals surface area contributed by atoms with Crippen molar-refractivity contribution in [1.82, 2.24) is 29.1 Å². The first-order valence-electron chi connectivity index (χ1n) is 17.3. The minimum absolute atomic E-state index is 0.545. The highest BCUT2D eigenvalue weighted by atomic mass is 15.2. The molecule has 6 nitrogen and oxygen atoms in total. The fourth-order valence-corrected chi connectivity index (χ4v) is 7.14. The molecule has 0 unspecified atom stereocenters. The van der Waals surface area contributed by atoms with Gasteiger partial charge in [0, 0.05) is 27.6 Å². The van der Waals surface area contributed by atoms with E-state index in [0.29, 0.717) is 17.6 Å². The molecule has 0 atom stereocenters. The number of rotatable bonds is 6. The topological polar surface area (TPSA) is 61.4 Å². The zero-order valence-corrected chi connectivity index (χ0v) is 28.0. The number of benzene rings is 7. The lowest BCUT2D eigenvalue weighted by atomic mass is 10.0. The number of nitrogens with zero attached hydrogens (tertiary/aromatic N) is 6. The predicted octanol–water partition coefficient (Wildman–Crippen LogP) is 11.0. The molecule has 0 aliphatic rings. The van der Waals surface area contributed by atoms with Gasteiger partial charge in [0.05, 0.1) is 22.1 Å². The molecule has 6 heteroatoms. The van der Waals surface area contributed by atoms with Crippen LogP contribution in [0.4, 0.5) is 0 Å². The molecule has 3 heterocycles. The molecule has 10 rings (SSSR count). The zero-order valence-electron chi connectivity index (χ0n) is 28.0. The van der Waals surface area contributed by atoms with E-state index in [1.54, 1.807) is 0 Å². The highest BCUT2D eigenvalue weighted by Gasteiger charge is 2.20. The van der Waals surface area contributed by atoms with Crippen molar-refractivity contribution < 1.29 is 0 Å². The molecule has 0 amide bonds. The van der Waals surface area contributed by atoms with Crippen molar-refractivity contribution >= 4 is 32.8 Å². The number of hydrogen-bond donors (Lipinski definition) is 0. The Hall–Kier alpha value is -7.18. The number of imidazole rings is 1. The average molecular weight is 667 g/mol. The molecule has 10 aromatic rings. The molecule has 0 saturated heterocycles. The summed E-state index contributed by atoms with van der Waals surface area (Å²) in [5.41, 5.74) is 11.3. The second-order valence-corrected chi connectivity index (χ2v) is 12.8. The van der Waals surface area contributed by atoms with Crippen LogP contribution in [-0.4, -0.2) is 29.1 Å². The normalized spacial score (nSPS) is 11.5. The quantitative estimate of drug-likeness (QED) is 0.177. The Morgan fingerprint density at radius 1 is 0.365 bits per heavy atom. The van der Waals surface area contributed by atoms with Gasteiger partial charge in [-0.15, -0.1) is 0 Å². The minimum atomic E-state index is 0.545. The van der Waals surface area contributed by atoms with Crippen molar-refractivity contribution in [3.05, 3.63) is 182 Å². The van der Waals surface area contributed by atoms with Crippen LogP contribution in [0.15, 0.2) is 182 Å². The van der Waals surface area contributed by atoms with Gasteiger partial charge in [0.2, 0.25) is 5.95 Å². The molecule has 0 aliphatic heterocycles. The number of hydrogen-bond acceptors (Lipinski definition) is 4. The summed E-state index contributed by atoms with van der Waals surface area (Å²) < 4.78 is 4.29. The van der Waals surface area contributed by atoms with Gasteiger partial charge in [-0.3, -0.25) is 9.13 Å². The molecular formula is C46H30N6. The molecule has 0 spiro atoms. The van der Waals surface area contributed by atoms with Crippen LogP contribution in [0.3, 0.4) is 0 Å². The van der Waals surface area contributed by atoms with Crippen LogP contribution in [0.5, 0.6) is 0 Å². The van der Waals surface area contributed by atoms with Gasteiger partial charge in [0.15, 0.2) is 11.6 Å². The Kier molecular flexibility index (Phi) is 7.03. The predicted molar refractivity (Wildman–Crippen MR) is 211 cm³/mol. The van der Waals surface area contributed by atoms with Crippen molar-refractivity contribution in [3.8, 4) is 56.7 Å². The van der Waals surface area contributed by atoms with Crippen molar-refractivity contribution in [2.24, 2.45) is 0 Å². The average Bonchev–Trinajstić information content (AvgIpc) is 3.79. The van der Waals surface area contributed by atoms with Crippen molar-refractivity contribution in [2.75, 3.05) is 0 Å². The molecular weight excluding hydrogens is 637 g/mol. The summed E-state index contributed by atoms with van der Waals surface area (Å²) in [6.45, 7) is 0. The fourth-order valence-electron chi connectivity index (χ4n) is 7.14. The van der Waals surface area contributed by atoms with Crippen molar-refractivity contribution in [1.29, 1.82) is 0 Å². The van der Waals surface area contributed by atoms with Crippen LogP contribution < -0.4 is 0 Å². The maximum atomic E-state index is 5.24. The van der Waals surface area contributed by atoms with E-state index in [-0.39, 0.29) is 0 Å². The molecule has 7 aromatic carbocycles. The van der Waals surface area contributed by atoms with E-state index in [2.05, 4.69) is 155 Å². The number of aromatic nitrogens is 6. The highest BCUT2D eigenvalue weighted by molar-refractivity contribution is 6.12. The largest absolute Gasteiger partial charge is 0.299 e. The van der Waals surface area contributed by atoms with Crippen LogP contribution in [0, 0.1) is 0 Å². The van der Waals surface area contributed by atoms with Gasteiger partial charge in [-0.05, 0) is 64.7 Å². The van der Waals surface area contributed by atoms with Gasteiger partial charge in [-0.1, -0.05) is 133 Å². The molecule has 0 saturated carbocycles. The third-order valence-corrected chi connectivity index (χ3v) is 9.65. The molecule has 0 bridgehead atoms. The van der Waals surface area contributed by atoms with E-state index in [1.165, 1.54) is 0 Å². The Balaban J connectivity index is 1.22. The number of para-hydroxylation sites is 2. The van der Waals surface area contributed by atoms with Crippen LogP contribution in [0.25, 0.3) is 89.5 Å². The second kappa shape index (κ2) is 12.3. The van der Waals surface area contributed by atoms with E-state index < -0.39 is 0 Å². The van der Waals surface area contributed by atoms with Gasteiger partial charge in [-0.25, -0.2) is 9.97 Å². The third kappa shape index (κ3) is 5.13. The first-order chi connectivity index (χ1) is 25.8. The summed E-state index contributed by atoms with van der Waals surface area (Å²) >= 11 is 0. The van der Waals surface area contributed by atoms with E-state index >= 15 is 0 Å². The Bertz CT molecular complexity index is 2790. The van der Waals surface area contributed by atoms with E-state index in [9.17, 15) is 0 Å². The monoisotopic (exact) mass is 666 g/mol. The Morgan fingerprint density at radius 3 is 1.54 bits per heavy atom. The van der Waals surface area contributed by atoms with Crippen LogP contribution in [0.1, 0.15) is 0 Å². The van der Waals surface area contributed by atoms with Gasteiger partial charge in [-0.2, -0.15) is 9.97 Å². The maximum Gasteiger partial charge on any atom is 0.238 e. The van der Waals surface area contributed by atoms with E-state index in [1.807, 2.05) is 36.7 Å². The van der Waals surface area contributed by atoms with Gasteiger partial charge >= 0.3 is 0 Å². The second-order valence-electron chi connectivity index (χ2n) is 12.8. The van der Waals surface area contributed by atoms with Crippen molar-refractivity contribution in [3.63, 3.8) is 0 Å². The third-order valence-electron chi connectivity index (χ3n) is 9.65. The summed E-state index contributed by atoms with van der Waals surface area (Å²) in [5, 5.41) is 2.21. The summed E-state index contributed by atoms with van der Waals surface area (Å²) in [6.07, 6.45) is 1.89. The highest BCUT2D eigenvalue weighted by Crippen LogP contribution is 2.36. The Morgan fingerprint density at radius 2 is 0.904 bits per heavy atom. The lowest BCUT2D eigenvalue weighted by molar-refractivity contribution is 0.954. The fraction of sp³-hybridized carbons (Fsp3) is 0. The van der Waals surface area contributed by atoms with E-state index in [0.717, 1.165) is 71.9 Å². The van der Waals surface area contributed by atoms with Crippen LogP contribution >= 0.6 is 0 Å². The first kappa shape index (κ1) is 29.7. The first-order valence-corrected chi connectivity index (χ1v) is 17.3. The summed E-state index contributed by atoms with van der Waals surface area (Å²) in [4.78, 5) is 20.5. The molecule has 0 N–H and O–H groups in total. The lowest BCUT2D eigenvalue weighted by Crippen LogP contribution is -2.06. The standard InChI is InChI=1S/C46H30N6/c1-4-14-31(15-5-1)33-18-12-20-35(26-33)44-48-45(36-21-13-19-34(27-36)32-16-6-2-7-17-32)50-46(49-44)52-41-25-11-10-24-38(41)39-28-43-40(29-42(39)52)47-30-51(43)37-22-8-3-9-23-37/h1-30H. The SMILES string of the molecule is c1ccc(-c2cccc(-c3nc(-c4cccc(-c5ccccc5)c4)nc(-n4c5ccccc5c5cc6c(cc54)ncn6-c4ccccc4)n3)c2)cc1. The van der Waals surface area contributed by atoms with Crippen LogP contribution in [-0.2, 0) is 0 Å². The molecule has 52 heavy (non-hydrogen) atoms.